The number of nitrogens with one attached hydrogen (secondary N) is 2. The van der Waals surface area contributed by atoms with Crippen LogP contribution in [-0.4, -0.2) is 18.0 Å². The van der Waals surface area contributed by atoms with Crippen molar-refractivity contribution in [3.05, 3.63) is 92.1 Å². The van der Waals surface area contributed by atoms with E-state index in [4.69, 9.17) is 27.9 Å². The molecule has 3 aromatic carbocycles. The van der Waals surface area contributed by atoms with Crippen LogP contribution in [0.25, 0.3) is 0 Å². The third-order valence-corrected chi connectivity index (χ3v) is 5.15. The van der Waals surface area contributed by atoms with Crippen LogP contribution in [0.1, 0.15) is 11.1 Å². The molecule has 3 rings (SSSR count). The molecule has 0 heterocycles. The normalized spacial score (nSPS) is 10.8. The van der Waals surface area contributed by atoms with Crippen molar-refractivity contribution >= 4 is 62.8 Å². The highest BCUT2D eigenvalue weighted by atomic mass is 79.9. The van der Waals surface area contributed by atoms with Gasteiger partial charge in [-0.05, 0) is 42.5 Å². The minimum atomic E-state index is -1.06. The molecule has 0 atom stereocenters. The van der Waals surface area contributed by atoms with Crippen molar-refractivity contribution in [1.82, 2.24) is 5.43 Å². The van der Waals surface area contributed by atoms with Crippen molar-refractivity contribution in [3.63, 3.8) is 0 Å². The summed E-state index contributed by atoms with van der Waals surface area (Å²) in [5.41, 5.74) is 3.25. The second-order valence-corrected chi connectivity index (χ2v) is 8.10. The second kappa shape index (κ2) is 11.1. The number of rotatable bonds is 6. The largest absolute Gasteiger partial charge is 0.488 e. The van der Waals surface area contributed by atoms with Gasteiger partial charge in [0.25, 0.3) is 0 Å². The Labute approximate surface area is 201 Å². The fraction of sp³-hybridized carbons (Fsp3) is 0.0455. The summed E-state index contributed by atoms with van der Waals surface area (Å²) in [6.45, 7) is 0.176. The first-order valence-corrected chi connectivity index (χ1v) is 10.6. The van der Waals surface area contributed by atoms with Gasteiger partial charge in [-0.15, -0.1) is 0 Å². The van der Waals surface area contributed by atoms with Crippen molar-refractivity contribution in [2.45, 2.75) is 6.61 Å². The molecule has 0 unspecified atom stereocenters. The number of nitrogens with zero attached hydrogens (tertiary/aromatic N) is 1. The first kappa shape index (κ1) is 23.7. The maximum Gasteiger partial charge on any atom is 0.329 e. The maximum atomic E-state index is 13.6. The molecule has 3 aromatic rings. The third-order valence-electron chi connectivity index (χ3n) is 4.07. The first-order chi connectivity index (χ1) is 15.3. The summed E-state index contributed by atoms with van der Waals surface area (Å²) in [6.07, 6.45) is 1.32. The van der Waals surface area contributed by atoms with Crippen molar-refractivity contribution < 1.29 is 18.7 Å². The topological polar surface area (TPSA) is 79.8 Å². The molecule has 0 aliphatic heterocycles. The van der Waals surface area contributed by atoms with E-state index < -0.39 is 17.6 Å². The van der Waals surface area contributed by atoms with Crippen molar-refractivity contribution in [1.29, 1.82) is 0 Å². The number of hydrazone groups is 1. The maximum absolute atomic E-state index is 13.6. The SMILES string of the molecule is O=C(N/N=C\c1cc(Br)ccc1OCc1ccc(Cl)cc1Cl)C(=O)Nc1ccccc1F. The molecule has 10 heteroatoms. The smallest absolute Gasteiger partial charge is 0.329 e. The number of halogens is 4. The van der Waals surface area contributed by atoms with E-state index in [1.54, 1.807) is 36.4 Å². The van der Waals surface area contributed by atoms with Crippen LogP contribution >= 0.6 is 39.1 Å². The van der Waals surface area contributed by atoms with Gasteiger partial charge >= 0.3 is 11.8 Å². The van der Waals surface area contributed by atoms with E-state index in [2.05, 4.69) is 31.8 Å². The molecule has 0 saturated carbocycles. The van der Waals surface area contributed by atoms with Crippen LogP contribution < -0.4 is 15.5 Å². The molecule has 0 saturated heterocycles. The van der Waals surface area contributed by atoms with E-state index in [1.165, 1.54) is 24.4 Å². The van der Waals surface area contributed by atoms with Crippen LogP contribution in [0.15, 0.2) is 70.2 Å². The summed E-state index contributed by atoms with van der Waals surface area (Å²) in [5, 5.41) is 6.95. The van der Waals surface area contributed by atoms with Gasteiger partial charge in [0.2, 0.25) is 0 Å². The zero-order valence-electron chi connectivity index (χ0n) is 16.2. The minimum absolute atomic E-state index is 0.111. The van der Waals surface area contributed by atoms with Crippen molar-refractivity contribution in [2.24, 2.45) is 5.10 Å². The van der Waals surface area contributed by atoms with Gasteiger partial charge in [-0.1, -0.05) is 57.3 Å². The van der Waals surface area contributed by atoms with E-state index in [0.717, 1.165) is 16.1 Å². The van der Waals surface area contributed by atoms with Gasteiger partial charge in [0, 0.05) is 25.6 Å². The number of amides is 2. The molecular weight excluding hydrogens is 524 g/mol. The van der Waals surface area contributed by atoms with E-state index >= 15 is 0 Å². The summed E-state index contributed by atoms with van der Waals surface area (Å²) in [4.78, 5) is 23.9. The summed E-state index contributed by atoms with van der Waals surface area (Å²) < 4.78 is 20.2. The Morgan fingerprint density at radius 2 is 1.84 bits per heavy atom. The Hall–Kier alpha value is -2.94. The predicted molar refractivity (Wildman–Crippen MR) is 126 cm³/mol. The Morgan fingerprint density at radius 3 is 2.59 bits per heavy atom. The summed E-state index contributed by atoms with van der Waals surface area (Å²) >= 11 is 15.4. The molecule has 6 nitrogen and oxygen atoms in total. The Bertz CT molecular complexity index is 1190. The van der Waals surface area contributed by atoms with Gasteiger partial charge in [-0.25, -0.2) is 9.82 Å². The lowest BCUT2D eigenvalue weighted by Crippen LogP contribution is -2.32. The van der Waals surface area contributed by atoms with Crippen LogP contribution in [0.3, 0.4) is 0 Å². The van der Waals surface area contributed by atoms with Crippen LogP contribution in [0.5, 0.6) is 5.75 Å². The zero-order chi connectivity index (χ0) is 23.1. The molecule has 0 bridgehead atoms. The number of carbonyl (C=O) groups is 2. The van der Waals surface area contributed by atoms with E-state index in [-0.39, 0.29) is 12.3 Å². The Kier molecular flexibility index (Phi) is 8.21. The number of hydrogen-bond acceptors (Lipinski definition) is 4. The zero-order valence-corrected chi connectivity index (χ0v) is 19.3. The average molecular weight is 539 g/mol. The van der Waals surface area contributed by atoms with Crippen LogP contribution in [0.2, 0.25) is 10.0 Å². The monoisotopic (exact) mass is 537 g/mol. The van der Waals surface area contributed by atoms with Crippen molar-refractivity contribution in [2.75, 3.05) is 5.32 Å². The Morgan fingerprint density at radius 1 is 1.06 bits per heavy atom. The van der Waals surface area contributed by atoms with E-state index in [9.17, 15) is 14.0 Å². The van der Waals surface area contributed by atoms with Gasteiger partial charge in [0.05, 0.1) is 11.9 Å². The highest BCUT2D eigenvalue weighted by Crippen LogP contribution is 2.25. The lowest BCUT2D eigenvalue weighted by Gasteiger charge is -2.11. The summed E-state index contributed by atoms with van der Waals surface area (Å²) in [5.74, 6) is -2.31. The Balaban J connectivity index is 1.64. The van der Waals surface area contributed by atoms with Crippen LogP contribution in [-0.2, 0) is 16.2 Å². The molecule has 0 aliphatic carbocycles. The van der Waals surface area contributed by atoms with E-state index in [0.29, 0.717) is 21.4 Å². The standard InChI is InChI=1S/C22H15BrCl2FN3O3/c23-15-6-8-20(32-12-13-5-7-16(24)10-17(13)25)14(9-15)11-27-29-22(31)21(30)28-19-4-2-1-3-18(19)26/h1-11H,12H2,(H,28,30)(H,29,31)/b27-11-. The number of carbonyl (C=O) groups excluding carboxylic acids is 2. The highest BCUT2D eigenvalue weighted by molar-refractivity contribution is 9.10. The molecule has 2 N–H and O–H groups in total. The summed E-state index contributed by atoms with van der Waals surface area (Å²) in [7, 11) is 0. The van der Waals surface area contributed by atoms with Gasteiger partial charge in [-0.3, -0.25) is 9.59 Å². The first-order valence-electron chi connectivity index (χ1n) is 9.08. The van der Waals surface area contributed by atoms with Gasteiger partial charge < -0.3 is 10.1 Å². The molecule has 0 spiro atoms. The molecule has 0 radical (unpaired) electrons. The quantitative estimate of drug-likeness (QED) is 0.245. The minimum Gasteiger partial charge on any atom is -0.488 e. The number of para-hydroxylation sites is 1. The van der Waals surface area contributed by atoms with Crippen molar-refractivity contribution in [3.8, 4) is 5.75 Å². The number of hydrogen-bond donors (Lipinski definition) is 2. The molecule has 2 amide bonds. The van der Waals surface area contributed by atoms with Gasteiger partial charge in [0.15, 0.2) is 0 Å². The fourth-order valence-electron chi connectivity index (χ4n) is 2.50. The van der Waals surface area contributed by atoms with Gasteiger partial charge in [-0.2, -0.15) is 5.10 Å². The van der Waals surface area contributed by atoms with E-state index in [1.807, 2.05) is 0 Å². The highest BCUT2D eigenvalue weighted by Gasteiger charge is 2.15. The third kappa shape index (κ3) is 6.53. The van der Waals surface area contributed by atoms with Crippen LogP contribution in [0, 0.1) is 5.82 Å². The number of ether oxygens (including phenoxy) is 1. The lowest BCUT2D eigenvalue weighted by molar-refractivity contribution is -0.136. The van der Waals surface area contributed by atoms with Gasteiger partial charge in [0.1, 0.15) is 18.2 Å². The molecule has 32 heavy (non-hydrogen) atoms. The molecule has 0 aromatic heterocycles. The second-order valence-electron chi connectivity index (χ2n) is 6.34. The average Bonchev–Trinajstić information content (AvgIpc) is 2.75. The molecule has 164 valence electrons. The van der Waals surface area contributed by atoms with Crippen LogP contribution in [0.4, 0.5) is 10.1 Å². The molecular formula is C22H15BrCl2FN3O3. The fourth-order valence-corrected chi connectivity index (χ4v) is 3.34. The summed E-state index contributed by atoms with van der Waals surface area (Å²) in [6, 6.07) is 15.8. The molecule has 0 fully saturated rings. The predicted octanol–water partition coefficient (Wildman–Crippen LogP) is 5.56. The number of benzene rings is 3. The number of anilines is 1. The molecule has 0 aliphatic rings. The lowest BCUT2D eigenvalue weighted by atomic mass is 10.2.